The number of cyclic esters (lactones) is 1. The number of methoxy groups -OCH3 is 1. The van der Waals surface area contributed by atoms with E-state index < -0.39 is 0 Å². The van der Waals surface area contributed by atoms with Gasteiger partial charge in [0.05, 0.1) is 31.0 Å². The fourth-order valence-corrected chi connectivity index (χ4v) is 7.09. The van der Waals surface area contributed by atoms with E-state index in [2.05, 4.69) is 18.0 Å². The molecule has 6 rings (SSSR count). The van der Waals surface area contributed by atoms with Crippen LogP contribution in [0.4, 0.5) is 5.69 Å². The molecular weight excluding hydrogens is 384 g/mol. The Morgan fingerprint density at radius 1 is 1.30 bits per heavy atom. The van der Waals surface area contributed by atoms with Gasteiger partial charge in [0.1, 0.15) is 18.1 Å². The summed E-state index contributed by atoms with van der Waals surface area (Å²) in [6.07, 6.45) is 1.87. The van der Waals surface area contributed by atoms with Gasteiger partial charge in [-0.2, -0.15) is 0 Å². The number of amides is 1. The number of likely N-dealkylation sites (tertiary alicyclic amines) is 1. The van der Waals surface area contributed by atoms with E-state index >= 15 is 0 Å². The molecule has 158 valence electrons. The van der Waals surface area contributed by atoms with Crippen molar-refractivity contribution in [2.45, 2.75) is 37.3 Å². The number of likely N-dealkylation sites (N-methyl/N-ethyl adjacent to an activating group) is 1. The molecule has 30 heavy (non-hydrogen) atoms. The summed E-state index contributed by atoms with van der Waals surface area (Å²) in [5.74, 6) is 1.32. The topological polar surface area (TPSA) is 68.3 Å². The molecule has 1 aliphatic carbocycles. The molecule has 7 heteroatoms. The Labute approximate surface area is 175 Å². The molecule has 0 radical (unpaired) electrons. The van der Waals surface area contributed by atoms with Crippen LogP contribution in [-0.2, 0) is 24.5 Å². The molecule has 1 spiro atoms. The van der Waals surface area contributed by atoms with Crippen molar-refractivity contribution < 1.29 is 23.8 Å². The number of ether oxygens (including phenoxy) is 3. The van der Waals surface area contributed by atoms with E-state index in [9.17, 15) is 9.59 Å². The Bertz CT molecular complexity index is 1000. The zero-order chi connectivity index (χ0) is 20.8. The number of anilines is 1. The van der Waals surface area contributed by atoms with Crippen molar-refractivity contribution in [3.8, 4) is 5.75 Å². The first-order chi connectivity index (χ1) is 14.5. The molecule has 1 amide bonds. The second kappa shape index (κ2) is 6.00. The van der Waals surface area contributed by atoms with Crippen molar-refractivity contribution in [1.82, 2.24) is 4.90 Å². The van der Waals surface area contributed by atoms with Crippen LogP contribution < -0.4 is 9.64 Å². The molecule has 1 aromatic carbocycles. The summed E-state index contributed by atoms with van der Waals surface area (Å²) in [6, 6.07) is 6.34. The highest BCUT2D eigenvalue weighted by atomic mass is 16.6. The quantitative estimate of drug-likeness (QED) is 0.659. The lowest BCUT2D eigenvalue weighted by Gasteiger charge is -2.53. The monoisotopic (exact) mass is 410 g/mol. The summed E-state index contributed by atoms with van der Waals surface area (Å²) in [7, 11) is 3.81. The molecule has 0 unspecified atom stereocenters. The normalized spacial score (nSPS) is 36.4. The van der Waals surface area contributed by atoms with Gasteiger partial charge in [0.15, 0.2) is 0 Å². The van der Waals surface area contributed by atoms with Crippen LogP contribution in [0.15, 0.2) is 29.5 Å². The lowest BCUT2D eigenvalue weighted by molar-refractivity contribution is -0.136. The second-order valence-corrected chi connectivity index (χ2v) is 9.23. The van der Waals surface area contributed by atoms with E-state index in [0.717, 1.165) is 30.8 Å². The minimum Gasteiger partial charge on any atom is -0.497 e. The molecule has 0 N–H and O–H groups in total. The molecule has 4 heterocycles. The number of benzene rings is 1. The zero-order valence-corrected chi connectivity index (χ0v) is 17.5. The molecular formula is C23H26N2O5. The lowest BCUT2D eigenvalue weighted by atomic mass is 9.56. The van der Waals surface area contributed by atoms with Crippen molar-refractivity contribution >= 4 is 17.6 Å². The van der Waals surface area contributed by atoms with Gasteiger partial charge in [-0.15, -0.1) is 0 Å². The highest BCUT2D eigenvalue weighted by Gasteiger charge is 2.67. The molecule has 7 nitrogen and oxygen atoms in total. The summed E-state index contributed by atoms with van der Waals surface area (Å²) < 4.78 is 16.9. The molecule has 4 aliphatic heterocycles. The Hall–Kier alpha value is -2.54. The van der Waals surface area contributed by atoms with Gasteiger partial charge in [-0.25, -0.2) is 4.79 Å². The number of carbonyl (C=O) groups excluding carboxylic acids is 2. The van der Waals surface area contributed by atoms with E-state index in [-0.39, 0.29) is 47.8 Å². The first-order valence-electron chi connectivity index (χ1n) is 10.7. The van der Waals surface area contributed by atoms with E-state index in [1.54, 1.807) is 14.0 Å². The Kier molecular flexibility index (Phi) is 3.65. The highest BCUT2D eigenvalue weighted by Crippen LogP contribution is 2.62. The van der Waals surface area contributed by atoms with Crippen LogP contribution in [0.5, 0.6) is 5.75 Å². The maximum atomic E-state index is 13.0. The molecule has 0 bridgehead atoms. The maximum Gasteiger partial charge on any atom is 0.338 e. The van der Waals surface area contributed by atoms with Crippen LogP contribution in [0.2, 0.25) is 0 Å². The average Bonchev–Trinajstić information content (AvgIpc) is 3.38. The predicted octanol–water partition coefficient (Wildman–Crippen LogP) is 1.85. The van der Waals surface area contributed by atoms with Crippen LogP contribution in [0, 0.1) is 11.8 Å². The molecule has 1 saturated carbocycles. The minimum absolute atomic E-state index is 0.0223. The number of fused-ring (bicyclic) bond motifs is 4. The van der Waals surface area contributed by atoms with Crippen molar-refractivity contribution in [3.05, 3.63) is 35.1 Å². The number of nitrogens with zero attached hydrogens (tertiary/aromatic N) is 2. The molecule has 1 saturated heterocycles. The van der Waals surface area contributed by atoms with E-state index in [4.69, 9.17) is 14.2 Å². The first-order valence-corrected chi connectivity index (χ1v) is 10.7. The van der Waals surface area contributed by atoms with E-state index in [1.165, 1.54) is 5.56 Å². The van der Waals surface area contributed by atoms with Gasteiger partial charge in [0.25, 0.3) is 0 Å². The standard InChI is InChI=1S/C23H26N2O5/c1-12(26)25-17-8-13(28-3)4-5-16(17)23-6-7-24(2)19(23)9-14-15(21(23)25)10-29-18-11-30-22(27)20(14)18/h4-5,8,14-15,19,21H,6-7,9-11H2,1-3H3/t14-,15-,19+,21+,23-/m1/s1. The average molecular weight is 410 g/mol. The third-order valence-corrected chi connectivity index (χ3v) is 8.19. The van der Waals surface area contributed by atoms with Gasteiger partial charge in [0.2, 0.25) is 5.91 Å². The molecule has 1 aromatic rings. The van der Waals surface area contributed by atoms with Gasteiger partial charge < -0.3 is 24.0 Å². The second-order valence-electron chi connectivity index (χ2n) is 9.23. The first kappa shape index (κ1) is 18.2. The van der Waals surface area contributed by atoms with E-state index in [0.29, 0.717) is 17.9 Å². The van der Waals surface area contributed by atoms with Crippen molar-refractivity contribution in [2.24, 2.45) is 11.8 Å². The van der Waals surface area contributed by atoms with Gasteiger partial charge in [-0.05, 0) is 38.1 Å². The molecule has 2 fully saturated rings. The molecule has 0 aromatic heterocycles. The number of hydrogen-bond acceptors (Lipinski definition) is 6. The fraction of sp³-hybridized carbons (Fsp3) is 0.565. The van der Waals surface area contributed by atoms with Gasteiger partial charge in [-0.3, -0.25) is 4.79 Å². The van der Waals surface area contributed by atoms with Gasteiger partial charge >= 0.3 is 5.97 Å². The van der Waals surface area contributed by atoms with Crippen LogP contribution in [-0.4, -0.2) is 62.8 Å². The lowest BCUT2D eigenvalue weighted by Crippen LogP contribution is -2.63. The van der Waals surface area contributed by atoms with Gasteiger partial charge in [-0.1, -0.05) is 6.07 Å². The van der Waals surface area contributed by atoms with E-state index in [1.807, 2.05) is 17.0 Å². The zero-order valence-electron chi connectivity index (χ0n) is 17.5. The Balaban J connectivity index is 1.57. The summed E-state index contributed by atoms with van der Waals surface area (Å²) in [6.45, 7) is 3.35. The van der Waals surface area contributed by atoms with Crippen LogP contribution in [0.1, 0.15) is 25.3 Å². The maximum absolute atomic E-state index is 13.0. The van der Waals surface area contributed by atoms with Crippen LogP contribution in [0.25, 0.3) is 0 Å². The van der Waals surface area contributed by atoms with Crippen molar-refractivity contribution in [1.29, 1.82) is 0 Å². The van der Waals surface area contributed by atoms with Crippen molar-refractivity contribution in [2.75, 3.05) is 38.8 Å². The minimum atomic E-state index is -0.251. The van der Waals surface area contributed by atoms with Crippen LogP contribution >= 0.6 is 0 Å². The highest BCUT2D eigenvalue weighted by molar-refractivity contribution is 5.97. The smallest absolute Gasteiger partial charge is 0.338 e. The third kappa shape index (κ3) is 2.04. The fourth-order valence-electron chi connectivity index (χ4n) is 7.09. The summed E-state index contributed by atoms with van der Waals surface area (Å²) in [5.41, 5.74) is 2.72. The van der Waals surface area contributed by atoms with Crippen LogP contribution in [0.3, 0.4) is 0 Å². The molecule has 5 atom stereocenters. The largest absolute Gasteiger partial charge is 0.497 e. The molecule has 5 aliphatic rings. The predicted molar refractivity (Wildman–Crippen MR) is 108 cm³/mol. The number of rotatable bonds is 1. The summed E-state index contributed by atoms with van der Waals surface area (Å²) in [5, 5.41) is 0. The van der Waals surface area contributed by atoms with Gasteiger partial charge in [0, 0.05) is 36.3 Å². The van der Waals surface area contributed by atoms with Crippen molar-refractivity contribution in [3.63, 3.8) is 0 Å². The number of hydrogen-bond donors (Lipinski definition) is 0. The Morgan fingerprint density at radius 3 is 2.90 bits per heavy atom. The Morgan fingerprint density at radius 2 is 2.13 bits per heavy atom. The number of carbonyl (C=O) groups is 2. The SMILES string of the molecule is COc1ccc2c(c1)N(C(C)=O)[C@H]1[C@@H]3COC4=C(C(=O)OC4)[C@@H]3C[C@@H]3N(C)CC[C@@]231. The number of esters is 1. The summed E-state index contributed by atoms with van der Waals surface area (Å²) >= 11 is 0. The summed E-state index contributed by atoms with van der Waals surface area (Å²) in [4.78, 5) is 30.0. The third-order valence-electron chi connectivity index (χ3n) is 8.19.